The number of benzene rings is 1. The first-order valence-corrected chi connectivity index (χ1v) is 6.78. The Bertz CT molecular complexity index is 667. The Morgan fingerprint density at radius 3 is 2.18 bits per heavy atom. The predicted molar refractivity (Wildman–Crippen MR) is 93.1 cm³/mol. The lowest BCUT2D eigenvalue weighted by Crippen LogP contribution is -2.08. The third kappa shape index (κ3) is 3.91. The topological polar surface area (TPSA) is 49.4 Å². The Kier molecular flexibility index (Phi) is 5.81. The van der Waals surface area contributed by atoms with Crippen LogP contribution in [0.5, 0.6) is 0 Å². The lowest BCUT2D eigenvalue weighted by molar-refractivity contribution is -0.458. The molecule has 0 fully saturated rings. The van der Waals surface area contributed by atoms with Crippen molar-refractivity contribution in [2.24, 2.45) is 0 Å². The van der Waals surface area contributed by atoms with Crippen LogP contribution in [0.15, 0.2) is 31.5 Å². The van der Waals surface area contributed by atoms with Crippen molar-refractivity contribution in [3.63, 3.8) is 0 Å². The molecule has 1 rings (SSSR count). The molecule has 1 aromatic carbocycles. The third-order valence-electron chi connectivity index (χ3n) is 2.97. The van der Waals surface area contributed by atoms with Crippen LogP contribution < -0.4 is 0 Å². The van der Waals surface area contributed by atoms with Gasteiger partial charge in [0.05, 0.1) is 16.1 Å². The molecule has 0 amide bonds. The summed E-state index contributed by atoms with van der Waals surface area (Å²) < 4.78 is 1.93. The number of nitrogens with zero attached hydrogens (tertiary/aromatic N) is 3. The van der Waals surface area contributed by atoms with E-state index in [1.165, 1.54) is 12.1 Å². The van der Waals surface area contributed by atoms with E-state index in [-0.39, 0.29) is 5.69 Å². The van der Waals surface area contributed by atoms with Crippen molar-refractivity contribution in [1.29, 1.82) is 0 Å². The number of allylic oxidation sites excluding steroid dienone is 1. The number of hydrogen-bond acceptors (Lipinski definition) is 3. The van der Waals surface area contributed by atoms with Crippen LogP contribution in [-0.4, -0.2) is 48.8 Å². The Morgan fingerprint density at radius 1 is 1.18 bits per heavy atom. The highest BCUT2D eigenvalue weighted by atomic mass is 16.6. The Labute approximate surface area is 131 Å². The summed E-state index contributed by atoms with van der Waals surface area (Å²) >= 11 is 0. The van der Waals surface area contributed by atoms with Crippen molar-refractivity contribution in [2.75, 3.05) is 28.2 Å². The van der Waals surface area contributed by atoms with Gasteiger partial charge >= 0.3 is 0 Å². The van der Waals surface area contributed by atoms with E-state index in [9.17, 15) is 10.1 Å². The van der Waals surface area contributed by atoms with Gasteiger partial charge in [0.1, 0.15) is 14.1 Å². The van der Waals surface area contributed by atoms with E-state index in [2.05, 4.69) is 13.2 Å². The van der Waals surface area contributed by atoms with Crippen LogP contribution >= 0.6 is 0 Å². The molecule has 0 saturated carbocycles. The van der Waals surface area contributed by atoms with Crippen LogP contribution in [0.25, 0.3) is 17.7 Å². The number of nitro groups is 1. The summed E-state index contributed by atoms with van der Waals surface area (Å²) in [6.45, 7) is 7.50. The van der Waals surface area contributed by atoms with Gasteiger partial charge in [-0.2, -0.15) is 0 Å². The summed E-state index contributed by atoms with van der Waals surface area (Å²) in [5, 5.41) is 11.2. The normalized spacial score (nSPS) is 10.8. The Balaban J connectivity index is 3.72. The maximum atomic E-state index is 11.2. The molecule has 116 valence electrons. The van der Waals surface area contributed by atoms with Crippen molar-refractivity contribution < 1.29 is 9.50 Å². The minimum Gasteiger partial charge on any atom is -0.383 e. The molecule has 0 saturated heterocycles. The predicted octanol–water partition coefficient (Wildman–Crippen LogP) is 3.13. The molecule has 0 aliphatic heterocycles. The summed E-state index contributed by atoms with van der Waals surface area (Å²) in [6, 6.07) is 3.25. The number of rotatable bonds is 6. The second-order valence-corrected chi connectivity index (χ2v) is 5.27. The van der Waals surface area contributed by atoms with E-state index in [0.29, 0.717) is 11.1 Å². The van der Waals surface area contributed by atoms with Crippen molar-refractivity contribution >= 4 is 29.6 Å². The second kappa shape index (κ2) is 7.36. The van der Waals surface area contributed by atoms with Gasteiger partial charge in [0.25, 0.3) is 5.69 Å². The molecule has 0 atom stereocenters. The molecule has 0 spiro atoms. The summed E-state index contributed by atoms with van der Waals surface area (Å²) in [7, 11) is 7.71. The maximum absolute atomic E-state index is 11.2. The quantitative estimate of drug-likeness (QED) is 0.351. The van der Waals surface area contributed by atoms with Gasteiger partial charge in [-0.25, -0.2) is 4.58 Å². The van der Waals surface area contributed by atoms with Crippen LogP contribution in [0.1, 0.15) is 16.7 Å². The van der Waals surface area contributed by atoms with Crippen LogP contribution in [-0.2, 0) is 0 Å². The molecular weight excluding hydrogens is 278 g/mol. The van der Waals surface area contributed by atoms with E-state index >= 15 is 0 Å². The lowest BCUT2D eigenvalue weighted by Gasteiger charge is -2.12. The molecule has 5 heteroatoms. The largest absolute Gasteiger partial charge is 0.383 e. The second-order valence-electron chi connectivity index (χ2n) is 5.27. The molecule has 0 heterocycles. The molecule has 0 aromatic heterocycles. The SMILES string of the molecule is C=Cc1c(/C(C=[N+](C)C)=C\N(C)C)ccc([N+](=O)[O-])c1C=C. The van der Waals surface area contributed by atoms with Crippen molar-refractivity contribution in [3.05, 3.63) is 58.3 Å². The van der Waals surface area contributed by atoms with Gasteiger partial charge in [-0.1, -0.05) is 25.3 Å². The summed E-state index contributed by atoms with van der Waals surface area (Å²) in [4.78, 5) is 12.7. The fourth-order valence-corrected chi connectivity index (χ4v) is 2.20. The van der Waals surface area contributed by atoms with E-state index in [0.717, 1.165) is 11.1 Å². The Morgan fingerprint density at radius 2 is 1.77 bits per heavy atom. The molecule has 0 unspecified atom stereocenters. The zero-order chi connectivity index (χ0) is 16.9. The van der Waals surface area contributed by atoms with Gasteiger partial charge in [0, 0.05) is 26.4 Å². The molecule has 0 aliphatic rings. The first kappa shape index (κ1) is 17.4. The monoisotopic (exact) mass is 300 g/mol. The van der Waals surface area contributed by atoms with Crippen LogP contribution in [0.4, 0.5) is 5.69 Å². The summed E-state index contributed by atoms with van der Waals surface area (Å²) in [6.07, 6.45) is 7.05. The molecule has 0 bridgehead atoms. The first-order chi connectivity index (χ1) is 10.3. The van der Waals surface area contributed by atoms with Gasteiger partial charge in [-0.15, -0.1) is 0 Å². The van der Waals surface area contributed by atoms with Crippen LogP contribution in [0, 0.1) is 10.1 Å². The van der Waals surface area contributed by atoms with Crippen molar-refractivity contribution in [1.82, 2.24) is 4.90 Å². The van der Waals surface area contributed by atoms with E-state index < -0.39 is 4.92 Å². The number of hydrogen-bond donors (Lipinski definition) is 0. The minimum absolute atomic E-state index is 0.0303. The highest BCUT2D eigenvalue weighted by Gasteiger charge is 2.19. The average Bonchev–Trinajstić information content (AvgIpc) is 2.43. The summed E-state index contributed by atoms with van der Waals surface area (Å²) in [5.41, 5.74) is 3.02. The van der Waals surface area contributed by atoms with Crippen LogP contribution in [0.2, 0.25) is 0 Å². The third-order valence-corrected chi connectivity index (χ3v) is 2.97. The van der Waals surface area contributed by atoms with E-state index in [1.807, 2.05) is 50.1 Å². The van der Waals surface area contributed by atoms with Gasteiger partial charge in [-0.3, -0.25) is 10.1 Å². The Hall–Kier alpha value is -2.69. The molecule has 22 heavy (non-hydrogen) atoms. The fraction of sp³-hybridized carbons (Fsp3) is 0.235. The van der Waals surface area contributed by atoms with Gasteiger partial charge in [0.2, 0.25) is 0 Å². The molecule has 0 N–H and O–H groups in total. The minimum atomic E-state index is -0.404. The van der Waals surface area contributed by atoms with Crippen molar-refractivity contribution in [2.45, 2.75) is 0 Å². The fourth-order valence-electron chi connectivity index (χ4n) is 2.20. The first-order valence-electron chi connectivity index (χ1n) is 6.78. The van der Waals surface area contributed by atoms with Crippen molar-refractivity contribution in [3.8, 4) is 0 Å². The number of nitro benzene ring substituents is 1. The molecule has 5 nitrogen and oxygen atoms in total. The highest BCUT2D eigenvalue weighted by Crippen LogP contribution is 2.31. The van der Waals surface area contributed by atoms with Gasteiger partial charge in [0.15, 0.2) is 6.21 Å². The molecule has 0 aliphatic carbocycles. The van der Waals surface area contributed by atoms with Gasteiger partial charge < -0.3 is 4.90 Å². The molecular formula is C17H22N3O2+. The average molecular weight is 300 g/mol. The zero-order valence-electron chi connectivity index (χ0n) is 13.5. The van der Waals surface area contributed by atoms with Crippen LogP contribution in [0.3, 0.4) is 0 Å². The zero-order valence-corrected chi connectivity index (χ0v) is 13.5. The summed E-state index contributed by atoms with van der Waals surface area (Å²) in [5.74, 6) is 0. The lowest BCUT2D eigenvalue weighted by atomic mass is 9.94. The smallest absolute Gasteiger partial charge is 0.277 e. The highest BCUT2D eigenvalue weighted by molar-refractivity contribution is 6.09. The molecule has 0 radical (unpaired) electrons. The van der Waals surface area contributed by atoms with E-state index in [4.69, 9.17) is 0 Å². The maximum Gasteiger partial charge on any atom is 0.277 e. The van der Waals surface area contributed by atoms with Gasteiger partial charge in [-0.05, 0) is 17.2 Å². The molecule has 1 aromatic rings. The van der Waals surface area contributed by atoms with E-state index in [1.54, 1.807) is 12.1 Å². The standard InChI is InChI=1S/C17H22N3O2/c1-7-14-15(8-2)17(20(21)22)10-9-16(14)13(11-18(3)4)12-19(5)6/h7-12H,1-2H2,3-6H3/q+1.